The van der Waals surface area contributed by atoms with Crippen LogP contribution in [0.5, 0.6) is 0 Å². The van der Waals surface area contributed by atoms with Crippen LogP contribution in [0.15, 0.2) is 12.5 Å². The lowest BCUT2D eigenvalue weighted by Crippen LogP contribution is -2.52. The second-order valence-corrected chi connectivity index (χ2v) is 5.87. The SMILES string of the molecule is CCOC(CC)C(=O)N1CCN(c2ncnc3c2cnn3C)CC1. The third-order valence-electron chi connectivity index (χ3n) is 4.41. The molecule has 2 aromatic rings. The average molecular weight is 332 g/mol. The van der Waals surface area contributed by atoms with E-state index in [1.54, 1.807) is 17.2 Å². The normalized spacial score (nSPS) is 16.6. The van der Waals surface area contributed by atoms with E-state index in [0.29, 0.717) is 26.1 Å². The molecule has 0 bridgehead atoms. The lowest BCUT2D eigenvalue weighted by atomic mass is 10.2. The van der Waals surface area contributed by atoms with E-state index >= 15 is 0 Å². The maximum Gasteiger partial charge on any atom is 0.251 e. The first-order valence-electron chi connectivity index (χ1n) is 8.43. The van der Waals surface area contributed by atoms with Crippen molar-refractivity contribution in [3.05, 3.63) is 12.5 Å². The zero-order valence-corrected chi connectivity index (χ0v) is 14.5. The molecule has 24 heavy (non-hydrogen) atoms. The number of aromatic nitrogens is 4. The van der Waals surface area contributed by atoms with Crippen LogP contribution in [0.25, 0.3) is 11.0 Å². The van der Waals surface area contributed by atoms with E-state index in [9.17, 15) is 4.79 Å². The molecule has 8 heteroatoms. The van der Waals surface area contributed by atoms with Gasteiger partial charge in [0.15, 0.2) is 5.65 Å². The van der Waals surface area contributed by atoms with E-state index in [2.05, 4.69) is 20.0 Å². The van der Waals surface area contributed by atoms with Crippen molar-refractivity contribution >= 4 is 22.8 Å². The summed E-state index contributed by atoms with van der Waals surface area (Å²) in [4.78, 5) is 25.3. The molecule has 1 fully saturated rings. The largest absolute Gasteiger partial charge is 0.369 e. The summed E-state index contributed by atoms with van der Waals surface area (Å²) in [6.07, 6.45) is 3.74. The van der Waals surface area contributed by atoms with Crippen molar-refractivity contribution in [2.45, 2.75) is 26.4 Å². The van der Waals surface area contributed by atoms with Gasteiger partial charge in [-0.2, -0.15) is 5.10 Å². The second-order valence-electron chi connectivity index (χ2n) is 5.87. The number of nitrogens with zero attached hydrogens (tertiary/aromatic N) is 6. The Morgan fingerprint density at radius 2 is 2.00 bits per heavy atom. The highest BCUT2D eigenvalue weighted by Crippen LogP contribution is 2.23. The third kappa shape index (κ3) is 3.06. The minimum atomic E-state index is -0.328. The van der Waals surface area contributed by atoms with E-state index in [0.717, 1.165) is 29.9 Å². The van der Waals surface area contributed by atoms with E-state index in [1.165, 1.54) is 0 Å². The van der Waals surface area contributed by atoms with E-state index < -0.39 is 0 Å². The molecule has 1 atom stereocenters. The van der Waals surface area contributed by atoms with Gasteiger partial charge in [-0.3, -0.25) is 9.48 Å². The first-order chi connectivity index (χ1) is 11.7. The van der Waals surface area contributed by atoms with Crippen LogP contribution >= 0.6 is 0 Å². The number of anilines is 1. The van der Waals surface area contributed by atoms with E-state index in [-0.39, 0.29) is 12.0 Å². The quantitative estimate of drug-likeness (QED) is 0.807. The summed E-state index contributed by atoms with van der Waals surface area (Å²) in [5.74, 6) is 0.977. The van der Waals surface area contributed by atoms with E-state index in [4.69, 9.17) is 4.74 Å². The molecule has 8 nitrogen and oxygen atoms in total. The number of carbonyl (C=O) groups excluding carboxylic acids is 1. The van der Waals surface area contributed by atoms with Gasteiger partial charge in [0.2, 0.25) is 0 Å². The van der Waals surface area contributed by atoms with Gasteiger partial charge in [-0.25, -0.2) is 9.97 Å². The van der Waals surface area contributed by atoms with Crippen molar-refractivity contribution in [1.29, 1.82) is 0 Å². The molecule has 3 heterocycles. The highest BCUT2D eigenvalue weighted by atomic mass is 16.5. The van der Waals surface area contributed by atoms with Crippen LogP contribution in [0.3, 0.4) is 0 Å². The Hall–Kier alpha value is -2.22. The summed E-state index contributed by atoms with van der Waals surface area (Å²) in [6, 6.07) is 0. The Labute approximate surface area is 141 Å². The molecule has 1 amide bonds. The van der Waals surface area contributed by atoms with E-state index in [1.807, 2.05) is 25.8 Å². The van der Waals surface area contributed by atoms with Crippen molar-refractivity contribution in [1.82, 2.24) is 24.6 Å². The summed E-state index contributed by atoms with van der Waals surface area (Å²) in [6.45, 7) is 7.30. The number of hydrogen-bond donors (Lipinski definition) is 0. The summed E-state index contributed by atoms with van der Waals surface area (Å²) in [5.41, 5.74) is 0.820. The molecule has 0 aromatic carbocycles. The fourth-order valence-electron chi connectivity index (χ4n) is 3.11. The number of aryl methyl sites for hydroxylation is 1. The zero-order chi connectivity index (χ0) is 17.1. The number of hydrogen-bond acceptors (Lipinski definition) is 6. The summed E-state index contributed by atoms with van der Waals surface area (Å²) < 4.78 is 7.29. The van der Waals surface area contributed by atoms with Gasteiger partial charge in [0, 0.05) is 39.8 Å². The predicted molar refractivity (Wildman–Crippen MR) is 90.8 cm³/mol. The van der Waals surface area contributed by atoms with Gasteiger partial charge in [0.05, 0.1) is 11.6 Å². The van der Waals surface area contributed by atoms with Crippen LogP contribution in [0, 0.1) is 0 Å². The van der Waals surface area contributed by atoms with Crippen LogP contribution in [0.1, 0.15) is 20.3 Å². The Balaban J connectivity index is 1.69. The molecule has 0 aliphatic carbocycles. The monoisotopic (exact) mass is 332 g/mol. The molecule has 2 aromatic heterocycles. The number of piperazine rings is 1. The molecular weight excluding hydrogens is 308 g/mol. The van der Waals surface area contributed by atoms with Gasteiger partial charge in [-0.1, -0.05) is 6.92 Å². The van der Waals surface area contributed by atoms with Gasteiger partial charge >= 0.3 is 0 Å². The van der Waals surface area contributed by atoms with Gasteiger partial charge in [0.25, 0.3) is 5.91 Å². The topological polar surface area (TPSA) is 76.4 Å². The predicted octanol–water partition coefficient (Wildman–Crippen LogP) is 0.827. The molecule has 1 unspecified atom stereocenters. The van der Waals surface area contributed by atoms with Crippen molar-refractivity contribution in [3.63, 3.8) is 0 Å². The van der Waals surface area contributed by atoms with Crippen molar-refractivity contribution in [3.8, 4) is 0 Å². The molecule has 1 aliphatic heterocycles. The van der Waals surface area contributed by atoms with Crippen LogP contribution < -0.4 is 4.90 Å². The Morgan fingerprint density at radius 1 is 1.25 bits per heavy atom. The summed E-state index contributed by atoms with van der Waals surface area (Å²) in [7, 11) is 1.87. The minimum Gasteiger partial charge on any atom is -0.369 e. The van der Waals surface area contributed by atoms with Gasteiger partial charge < -0.3 is 14.5 Å². The smallest absolute Gasteiger partial charge is 0.251 e. The lowest BCUT2D eigenvalue weighted by Gasteiger charge is -2.36. The molecule has 1 saturated heterocycles. The highest BCUT2D eigenvalue weighted by molar-refractivity contribution is 5.87. The number of fused-ring (bicyclic) bond motifs is 1. The third-order valence-corrected chi connectivity index (χ3v) is 4.41. The summed E-state index contributed by atoms with van der Waals surface area (Å²) >= 11 is 0. The number of amides is 1. The Kier molecular flexibility index (Phi) is 4.94. The molecular formula is C16H24N6O2. The van der Waals surface area contributed by atoms with Crippen molar-refractivity contribution in [2.24, 2.45) is 7.05 Å². The van der Waals surface area contributed by atoms with Gasteiger partial charge in [0.1, 0.15) is 18.2 Å². The molecule has 1 aliphatic rings. The molecule has 130 valence electrons. The van der Waals surface area contributed by atoms with Crippen molar-refractivity contribution < 1.29 is 9.53 Å². The maximum absolute atomic E-state index is 12.5. The number of ether oxygens (including phenoxy) is 1. The highest BCUT2D eigenvalue weighted by Gasteiger charge is 2.28. The lowest BCUT2D eigenvalue weighted by molar-refractivity contribution is -0.144. The molecule has 0 N–H and O–H groups in total. The van der Waals surface area contributed by atoms with Crippen LogP contribution in [-0.4, -0.2) is 69.4 Å². The summed E-state index contributed by atoms with van der Waals surface area (Å²) in [5, 5.41) is 5.20. The molecule has 0 spiro atoms. The zero-order valence-electron chi connectivity index (χ0n) is 14.5. The van der Waals surface area contributed by atoms with Gasteiger partial charge in [-0.15, -0.1) is 0 Å². The molecule has 3 rings (SSSR count). The van der Waals surface area contributed by atoms with Crippen LogP contribution in [0.4, 0.5) is 5.82 Å². The fourth-order valence-corrected chi connectivity index (χ4v) is 3.11. The first kappa shape index (κ1) is 16.6. The number of carbonyl (C=O) groups is 1. The fraction of sp³-hybridized carbons (Fsp3) is 0.625. The Bertz CT molecular complexity index is 708. The maximum atomic E-state index is 12.5. The average Bonchev–Trinajstić information content (AvgIpc) is 3.00. The van der Waals surface area contributed by atoms with Crippen molar-refractivity contribution in [2.75, 3.05) is 37.7 Å². The standard InChI is InChI=1S/C16H24N6O2/c1-4-13(24-5-2)16(23)22-8-6-21(7-9-22)15-12-10-19-20(3)14(12)17-11-18-15/h10-11,13H,4-9H2,1-3H3. The van der Waals surface area contributed by atoms with Gasteiger partial charge in [-0.05, 0) is 13.3 Å². The second kappa shape index (κ2) is 7.12. The van der Waals surface area contributed by atoms with Crippen LogP contribution in [0.2, 0.25) is 0 Å². The van der Waals surface area contributed by atoms with Crippen LogP contribution in [-0.2, 0) is 16.6 Å². The Morgan fingerprint density at radius 3 is 2.67 bits per heavy atom. The minimum absolute atomic E-state index is 0.0909. The molecule has 0 saturated carbocycles. The molecule has 0 radical (unpaired) electrons. The first-order valence-corrected chi connectivity index (χ1v) is 8.43. The number of rotatable bonds is 5.